The SMILES string of the molecule is COc1cc(/C=C2/SC(=O)N(CC(=O)O)C2=O)ccc1OCC(=O)Nc1ccc(C)cc1. The van der Waals surface area contributed by atoms with Crippen molar-refractivity contribution in [2.75, 3.05) is 25.6 Å². The molecule has 1 aliphatic rings. The van der Waals surface area contributed by atoms with Crippen LogP contribution in [0.2, 0.25) is 0 Å². The lowest BCUT2D eigenvalue weighted by Gasteiger charge is -2.12. The molecular formula is C22H20N2O7S. The van der Waals surface area contributed by atoms with Crippen LogP contribution < -0.4 is 14.8 Å². The summed E-state index contributed by atoms with van der Waals surface area (Å²) in [5.74, 6) is -1.64. The molecule has 0 atom stereocenters. The number of anilines is 1. The summed E-state index contributed by atoms with van der Waals surface area (Å²) in [6, 6.07) is 12.1. The van der Waals surface area contributed by atoms with Gasteiger partial charge in [-0.05, 0) is 54.6 Å². The Morgan fingerprint density at radius 1 is 1.12 bits per heavy atom. The van der Waals surface area contributed by atoms with Crippen molar-refractivity contribution >= 4 is 46.5 Å². The number of amides is 3. The molecule has 0 saturated carbocycles. The molecule has 9 nitrogen and oxygen atoms in total. The number of hydrogen-bond acceptors (Lipinski definition) is 7. The van der Waals surface area contributed by atoms with Gasteiger partial charge in [0.25, 0.3) is 17.1 Å². The van der Waals surface area contributed by atoms with E-state index < -0.39 is 23.7 Å². The fourth-order valence-electron chi connectivity index (χ4n) is 2.79. The molecule has 0 spiro atoms. The van der Waals surface area contributed by atoms with Gasteiger partial charge in [-0.1, -0.05) is 23.8 Å². The topological polar surface area (TPSA) is 122 Å². The standard InChI is InChI=1S/C22H20N2O7S/c1-13-3-6-15(7-4-13)23-19(25)12-31-16-8-5-14(9-17(16)30-2)10-18-21(28)24(11-20(26)27)22(29)32-18/h3-10H,11-12H2,1-2H3,(H,23,25)(H,26,27)/b18-10+. The molecule has 0 radical (unpaired) electrons. The summed E-state index contributed by atoms with van der Waals surface area (Å²) in [7, 11) is 1.43. The van der Waals surface area contributed by atoms with Crippen LogP contribution >= 0.6 is 11.8 Å². The van der Waals surface area contributed by atoms with Gasteiger partial charge in [0.2, 0.25) is 0 Å². The number of carbonyl (C=O) groups is 4. The number of nitrogens with zero attached hydrogens (tertiary/aromatic N) is 1. The first-order valence-electron chi connectivity index (χ1n) is 9.41. The first-order chi connectivity index (χ1) is 15.3. The van der Waals surface area contributed by atoms with Gasteiger partial charge in [-0.15, -0.1) is 0 Å². The third kappa shape index (κ3) is 5.67. The molecule has 32 heavy (non-hydrogen) atoms. The fraction of sp³-hybridized carbons (Fsp3) is 0.182. The van der Waals surface area contributed by atoms with Gasteiger partial charge in [-0.3, -0.25) is 24.1 Å². The molecule has 0 aliphatic carbocycles. The molecule has 166 valence electrons. The first-order valence-corrected chi connectivity index (χ1v) is 10.2. The van der Waals surface area contributed by atoms with Gasteiger partial charge >= 0.3 is 5.97 Å². The van der Waals surface area contributed by atoms with Gasteiger partial charge in [-0.2, -0.15) is 0 Å². The first kappa shape index (κ1) is 22.9. The van der Waals surface area contributed by atoms with Gasteiger partial charge in [0, 0.05) is 5.69 Å². The van der Waals surface area contributed by atoms with E-state index in [9.17, 15) is 19.2 Å². The molecule has 0 aromatic heterocycles. The molecule has 0 unspecified atom stereocenters. The van der Waals surface area contributed by atoms with Crippen LogP contribution in [-0.4, -0.2) is 53.3 Å². The Bertz CT molecular complexity index is 1100. The highest BCUT2D eigenvalue weighted by atomic mass is 32.2. The van der Waals surface area contributed by atoms with Crippen LogP contribution in [0.25, 0.3) is 6.08 Å². The Labute approximate surface area is 188 Å². The second kappa shape index (κ2) is 10.0. The summed E-state index contributed by atoms with van der Waals surface area (Å²) < 4.78 is 10.9. The van der Waals surface area contributed by atoms with E-state index in [0.717, 1.165) is 5.56 Å². The van der Waals surface area contributed by atoms with Crippen molar-refractivity contribution in [3.05, 3.63) is 58.5 Å². The van der Waals surface area contributed by atoms with E-state index in [-0.39, 0.29) is 17.4 Å². The quantitative estimate of drug-likeness (QED) is 0.581. The van der Waals surface area contributed by atoms with Crippen LogP contribution in [-0.2, 0) is 14.4 Å². The minimum Gasteiger partial charge on any atom is -0.493 e. The van der Waals surface area contributed by atoms with Crippen LogP contribution in [0, 0.1) is 6.92 Å². The molecule has 1 heterocycles. The molecule has 2 aromatic rings. The van der Waals surface area contributed by atoms with Gasteiger partial charge in [0.1, 0.15) is 6.54 Å². The van der Waals surface area contributed by atoms with Crippen molar-refractivity contribution in [1.82, 2.24) is 4.90 Å². The van der Waals surface area contributed by atoms with Crippen LogP contribution in [0.4, 0.5) is 10.5 Å². The van der Waals surface area contributed by atoms with Gasteiger partial charge in [-0.25, -0.2) is 0 Å². The van der Waals surface area contributed by atoms with Crippen molar-refractivity contribution in [3.63, 3.8) is 0 Å². The number of rotatable bonds is 8. The maximum absolute atomic E-state index is 12.3. The summed E-state index contributed by atoms with van der Waals surface area (Å²) in [4.78, 5) is 47.9. The minimum absolute atomic E-state index is 0.101. The third-order valence-electron chi connectivity index (χ3n) is 4.35. The Kier molecular flexibility index (Phi) is 7.16. The lowest BCUT2D eigenvalue weighted by atomic mass is 10.2. The average molecular weight is 456 g/mol. The van der Waals surface area contributed by atoms with Crippen molar-refractivity contribution in [3.8, 4) is 11.5 Å². The van der Waals surface area contributed by atoms with Crippen molar-refractivity contribution in [1.29, 1.82) is 0 Å². The minimum atomic E-state index is -1.27. The van der Waals surface area contributed by atoms with E-state index in [4.69, 9.17) is 14.6 Å². The second-order valence-corrected chi connectivity index (χ2v) is 7.77. The van der Waals surface area contributed by atoms with Crippen LogP contribution in [0.5, 0.6) is 11.5 Å². The molecule has 2 aromatic carbocycles. The number of carboxylic acids is 1. The number of ether oxygens (including phenoxy) is 2. The second-order valence-electron chi connectivity index (χ2n) is 6.77. The Hall–Kier alpha value is -3.79. The van der Waals surface area contributed by atoms with E-state index in [1.165, 1.54) is 13.2 Å². The third-order valence-corrected chi connectivity index (χ3v) is 5.25. The summed E-state index contributed by atoms with van der Waals surface area (Å²) >= 11 is 0.662. The predicted molar refractivity (Wildman–Crippen MR) is 119 cm³/mol. The summed E-state index contributed by atoms with van der Waals surface area (Å²) in [6.07, 6.45) is 1.46. The Morgan fingerprint density at radius 2 is 1.84 bits per heavy atom. The highest BCUT2D eigenvalue weighted by Crippen LogP contribution is 2.34. The number of nitrogens with one attached hydrogen (secondary N) is 1. The van der Waals surface area contributed by atoms with Crippen molar-refractivity contribution in [2.45, 2.75) is 6.92 Å². The van der Waals surface area contributed by atoms with Crippen molar-refractivity contribution < 1.29 is 33.8 Å². The predicted octanol–water partition coefficient (Wildman–Crippen LogP) is 3.14. The molecule has 1 saturated heterocycles. The fourth-order valence-corrected chi connectivity index (χ4v) is 3.63. The number of methoxy groups -OCH3 is 1. The summed E-state index contributed by atoms with van der Waals surface area (Å²) in [6.45, 7) is 1.02. The van der Waals surface area contributed by atoms with Crippen LogP contribution in [0.1, 0.15) is 11.1 Å². The Balaban J connectivity index is 1.67. The van der Waals surface area contributed by atoms with Crippen LogP contribution in [0.3, 0.4) is 0 Å². The Morgan fingerprint density at radius 3 is 2.50 bits per heavy atom. The zero-order valence-corrected chi connectivity index (χ0v) is 18.1. The van der Waals surface area contributed by atoms with E-state index in [2.05, 4.69) is 5.32 Å². The average Bonchev–Trinajstić information content (AvgIpc) is 3.01. The maximum atomic E-state index is 12.3. The van der Waals surface area contributed by atoms with Crippen LogP contribution in [0.15, 0.2) is 47.4 Å². The lowest BCUT2D eigenvalue weighted by molar-refractivity contribution is -0.140. The smallest absolute Gasteiger partial charge is 0.323 e. The van der Waals surface area contributed by atoms with E-state index >= 15 is 0 Å². The molecule has 2 N–H and O–H groups in total. The summed E-state index contributed by atoms with van der Waals surface area (Å²) in [5, 5.41) is 10.9. The van der Waals surface area contributed by atoms with E-state index in [0.29, 0.717) is 39.4 Å². The highest BCUT2D eigenvalue weighted by Gasteiger charge is 2.36. The molecule has 3 rings (SSSR count). The normalized spacial score (nSPS) is 14.6. The molecule has 1 fully saturated rings. The van der Waals surface area contributed by atoms with E-state index in [1.807, 2.05) is 19.1 Å². The maximum Gasteiger partial charge on any atom is 0.323 e. The number of hydrogen-bond donors (Lipinski definition) is 2. The molecule has 3 amide bonds. The zero-order chi connectivity index (χ0) is 23.3. The number of aryl methyl sites for hydroxylation is 1. The monoisotopic (exact) mass is 456 g/mol. The number of imide groups is 1. The number of thioether (sulfide) groups is 1. The zero-order valence-electron chi connectivity index (χ0n) is 17.3. The number of carboxylic acid groups (broad SMARTS) is 1. The number of benzene rings is 2. The number of aliphatic carboxylic acids is 1. The largest absolute Gasteiger partial charge is 0.493 e. The number of carbonyl (C=O) groups excluding carboxylic acids is 3. The lowest BCUT2D eigenvalue weighted by Crippen LogP contribution is -2.33. The van der Waals surface area contributed by atoms with Crippen molar-refractivity contribution in [2.24, 2.45) is 0 Å². The van der Waals surface area contributed by atoms with Gasteiger partial charge in [0.15, 0.2) is 18.1 Å². The van der Waals surface area contributed by atoms with Gasteiger partial charge < -0.3 is 19.9 Å². The molecule has 1 aliphatic heterocycles. The molecule has 10 heteroatoms. The highest BCUT2D eigenvalue weighted by molar-refractivity contribution is 8.18. The van der Waals surface area contributed by atoms with E-state index in [1.54, 1.807) is 30.3 Å². The molecule has 0 bridgehead atoms. The summed E-state index contributed by atoms with van der Waals surface area (Å²) in [5.41, 5.74) is 2.28. The van der Waals surface area contributed by atoms with Gasteiger partial charge in [0.05, 0.1) is 12.0 Å². The molecular weight excluding hydrogens is 436 g/mol.